The van der Waals surface area contributed by atoms with Gasteiger partial charge in [0.1, 0.15) is 17.2 Å². The lowest BCUT2D eigenvalue weighted by atomic mass is 10.1. The smallest absolute Gasteiger partial charge is 0.343 e. The summed E-state index contributed by atoms with van der Waals surface area (Å²) in [7, 11) is -1.20. The quantitative estimate of drug-likeness (QED) is 0.0581. The Morgan fingerprint density at radius 1 is 0.659 bits per heavy atom. The Kier molecular flexibility index (Phi) is 14.3. The molecule has 0 fully saturated rings. The second kappa shape index (κ2) is 17.9. The minimum Gasteiger partial charge on any atom is -0.494 e. The maximum atomic E-state index is 13.0. The maximum Gasteiger partial charge on any atom is 0.343 e. The second-order valence-corrected chi connectivity index (χ2v) is 17.4. The SMILES string of the molecule is CCCCCCCCCCOc1ccc2cc(C(=O)Oc3ccccc3)cc(OCCC[Si](C)(C)CCCC)c2c1. The first-order valence-corrected chi connectivity index (χ1v) is 19.4. The molecule has 3 rings (SSSR count). The van der Waals surface area contributed by atoms with Crippen LogP contribution in [0.2, 0.25) is 25.2 Å². The lowest BCUT2D eigenvalue weighted by Gasteiger charge is -2.22. The van der Waals surface area contributed by atoms with Crippen molar-refractivity contribution in [2.45, 2.75) is 110 Å². The topological polar surface area (TPSA) is 44.8 Å². The van der Waals surface area contributed by atoms with Gasteiger partial charge < -0.3 is 14.2 Å². The number of rotatable bonds is 20. The third-order valence-electron chi connectivity index (χ3n) is 7.81. The summed E-state index contributed by atoms with van der Waals surface area (Å²) < 4.78 is 18.1. The van der Waals surface area contributed by atoms with Crippen molar-refractivity contribution in [1.29, 1.82) is 0 Å². The second-order valence-electron chi connectivity index (χ2n) is 12.1. The molecular formula is C36H52O4Si. The maximum absolute atomic E-state index is 13.0. The van der Waals surface area contributed by atoms with Crippen molar-refractivity contribution in [3.8, 4) is 17.2 Å². The van der Waals surface area contributed by atoms with Crippen LogP contribution in [0.1, 0.15) is 94.8 Å². The van der Waals surface area contributed by atoms with Crippen molar-refractivity contribution in [1.82, 2.24) is 0 Å². The predicted molar refractivity (Wildman–Crippen MR) is 176 cm³/mol. The van der Waals surface area contributed by atoms with E-state index in [9.17, 15) is 4.79 Å². The van der Waals surface area contributed by atoms with E-state index in [4.69, 9.17) is 14.2 Å². The summed E-state index contributed by atoms with van der Waals surface area (Å²) in [5.74, 6) is 1.71. The molecule has 3 aromatic rings. The molecule has 0 heterocycles. The molecule has 0 bridgehead atoms. The molecule has 0 aliphatic rings. The molecule has 3 aromatic carbocycles. The lowest BCUT2D eigenvalue weighted by Crippen LogP contribution is -2.25. The van der Waals surface area contributed by atoms with Gasteiger partial charge in [0.05, 0.1) is 18.8 Å². The van der Waals surface area contributed by atoms with Gasteiger partial charge in [-0.3, -0.25) is 0 Å². The van der Waals surface area contributed by atoms with Gasteiger partial charge in [-0.05, 0) is 54.6 Å². The fourth-order valence-electron chi connectivity index (χ4n) is 5.22. The Morgan fingerprint density at radius 3 is 2.05 bits per heavy atom. The largest absolute Gasteiger partial charge is 0.494 e. The molecule has 224 valence electrons. The van der Waals surface area contributed by atoms with Crippen molar-refractivity contribution in [2.75, 3.05) is 13.2 Å². The number of ether oxygens (including phenoxy) is 3. The first-order valence-electron chi connectivity index (χ1n) is 16.0. The van der Waals surface area contributed by atoms with Gasteiger partial charge in [0.25, 0.3) is 0 Å². The van der Waals surface area contributed by atoms with Gasteiger partial charge >= 0.3 is 5.97 Å². The molecule has 0 saturated carbocycles. The molecule has 5 heteroatoms. The third-order valence-corrected chi connectivity index (χ3v) is 11.2. The van der Waals surface area contributed by atoms with Gasteiger partial charge in [-0.1, -0.05) is 121 Å². The molecule has 0 spiro atoms. The van der Waals surface area contributed by atoms with Crippen LogP contribution in [-0.4, -0.2) is 27.3 Å². The Morgan fingerprint density at radius 2 is 1.32 bits per heavy atom. The summed E-state index contributed by atoms with van der Waals surface area (Å²) in [4.78, 5) is 13.0. The number of hydrogen-bond donors (Lipinski definition) is 0. The van der Waals surface area contributed by atoms with Crippen LogP contribution < -0.4 is 14.2 Å². The van der Waals surface area contributed by atoms with E-state index in [-0.39, 0.29) is 5.97 Å². The molecule has 0 N–H and O–H groups in total. The molecule has 0 radical (unpaired) electrons. The van der Waals surface area contributed by atoms with Crippen molar-refractivity contribution in [3.05, 3.63) is 66.2 Å². The number of unbranched alkanes of at least 4 members (excludes halogenated alkanes) is 8. The molecule has 0 aliphatic carbocycles. The molecule has 0 atom stereocenters. The number of benzene rings is 3. The third kappa shape index (κ3) is 11.9. The van der Waals surface area contributed by atoms with E-state index in [0.717, 1.165) is 36.0 Å². The highest BCUT2D eigenvalue weighted by Crippen LogP contribution is 2.32. The van der Waals surface area contributed by atoms with E-state index >= 15 is 0 Å². The first-order chi connectivity index (χ1) is 19.9. The zero-order valence-electron chi connectivity index (χ0n) is 26.0. The lowest BCUT2D eigenvalue weighted by molar-refractivity contribution is 0.0734. The van der Waals surface area contributed by atoms with E-state index in [1.807, 2.05) is 42.5 Å². The van der Waals surface area contributed by atoms with Gasteiger partial charge in [-0.25, -0.2) is 4.79 Å². The predicted octanol–water partition coefficient (Wildman–Crippen LogP) is 10.9. The highest BCUT2D eigenvalue weighted by Gasteiger charge is 2.20. The van der Waals surface area contributed by atoms with E-state index < -0.39 is 8.07 Å². The fraction of sp³-hybridized carbons (Fsp3) is 0.528. The summed E-state index contributed by atoms with van der Waals surface area (Å²) >= 11 is 0. The number of esters is 1. The zero-order chi connectivity index (χ0) is 29.3. The van der Waals surface area contributed by atoms with Crippen LogP contribution in [0.3, 0.4) is 0 Å². The normalized spacial score (nSPS) is 11.5. The van der Waals surface area contributed by atoms with E-state index in [1.54, 1.807) is 12.1 Å². The van der Waals surface area contributed by atoms with Crippen LogP contribution in [0, 0.1) is 0 Å². The average Bonchev–Trinajstić information content (AvgIpc) is 2.97. The van der Waals surface area contributed by atoms with Crippen molar-refractivity contribution in [3.63, 3.8) is 0 Å². The standard InChI is InChI=1S/C36H52O4Si/c1-5-7-9-10-11-12-13-17-23-38-33-22-21-30-27-31(36(37)40-32-19-15-14-16-20-32)28-35(34(30)29-33)39-24-18-26-41(3,4)25-8-6-2/h14-16,19-22,27-29H,5-13,17-18,23-26H2,1-4H3. The molecule has 0 amide bonds. The molecule has 0 aromatic heterocycles. The zero-order valence-corrected chi connectivity index (χ0v) is 27.0. The van der Waals surface area contributed by atoms with Gasteiger partial charge in [0, 0.05) is 13.5 Å². The summed E-state index contributed by atoms with van der Waals surface area (Å²) in [6, 6.07) is 21.6. The number of para-hydroxylation sites is 1. The Bertz CT molecular complexity index is 1170. The van der Waals surface area contributed by atoms with Crippen molar-refractivity contribution >= 4 is 24.8 Å². The van der Waals surface area contributed by atoms with Gasteiger partial charge in [-0.15, -0.1) is 0 Å². The summed E-state index contributed by atoms with van der Waals surface area (Å²) in [6.07, 6.45) is 13.8. The summed E-state index contributed by atoms with van der Waals surface area (Å²) in [5, 5.41) is 1.91. The van der Waals surface area contributed by atoms with Gasteiger partial charge in [-0.2, -0.15) is 0 Å². The van der Waals surface area contributed by atoms with Crippen LogP contribution in [0.25, 0.3) is 10.8 Å². The van der Waals surface area contributed by atoms with Crippen molar-refractivity contribution in [2.24, 2.45) is 0 Å². The average molecular weight is 577 g/mol. The molecular weight excluding hydrogens is 524 g/mol. The fourth-order valence-corrected chi connectivity index (χ4v) is 7.89. The Balaban J connectivity index is 1.66. The highest BCUT2D eigenvalue weighted by atomic mass is 28.3. The Labute approximate surface area is 249 Å². The van der Waals surface area contributed by atoms with Crippen LogP contribution in [0.4, 0.5) is 0 Å². The Hall–Kier alpha value is -2.79. The number of fused-ring (bicyclic) bond motifs is 1. The summed E-state index contributed by atoms with van der Waals surface area (Å²) in [6.45, 7) is 10.8. The first kappa shape index (κ1) is 32.7. The molecule has 0 aliphatic heterocycles. The van der Waals surface area contributed by atoms with E-state index in [2.05, 4.69) is 33.0 Å². The molecule has 41 heavy (non-hydrogen) atoms. The number of hydrogen-bond acceptors (Lipinski definition) is 4. The van der Waals surface area contributed by atoms with Crippen LogP contribution >= 0.6 is 0 Å². The van der Waals surface area contributed by atoms with Gasteiger partial charge in [0.15, 0.2) is 0 Å². The molecule has 0 unspecified atom stereocenters. The molecule has 4 nitrogen and oxygen atoms in total. The minimum absolute atomic E-state index is 0.383. The van der Waals surface area contributed by atoms with E-state index in [0.29, 0.717) is 23.7 Å². The number of carbonyl (C=O) groups excluding carboxylic acids is 1. The monoisotopic (exact) mass is 576 g/mol. The molecule has 0 saturated heterocycles. The van der Waals surface area contributed by atoms with Crippen LogP contribution in [0.5, 0.6) is 17.2 Å². The summed E-state index contributed by atoms with van der Waals surface area (Å²) in [5.41, 5.74) is 0.488. The van der Waals surface area contributed by atoms with Crippen LogP contribution in [0.15, 0.2) is 60.7 Å². The minimum atomic E-state index is -1.20. The van der Waals surface area contributed by atoms with Crippen molar-refractivity contribution < 1.29 is 19.0 Å². The highest BCUT2D eigenvalue weighted by molar-refractivity contribution is 6.77. The van der Waals surface area contributed by atoms with Crippen LogP contribution in [-0.2, 0) is 0 Å². The number of carbonyl (C=O) groups is 1. The van der Waals surface area contributed by atoms with E-state index in [1.165, 1.54) is 69.9 Å². The van der Waals surface area contributed by atoms with Gasteiger partial charge in [0.2, 0.25) is 0 Å².